The van der Waals surface area contributed by atoms with E-state index < -0.39 is 194 Å². The molecule has 0 unspecified atom stereocenters. The van der Waals surface area contributed by atoms with E-state index in [9.17, 15) is 62.6 Å². The van der Waals surface area contributed by atoms with Crippen LogP contribution in [0.5, 0.6) is 0 Å². The standard InChI is InChI=1S/C44H61NO28S/c1-17(46)45-32-28(62-20(4)49)13-44(43(58)59-12,73-36(32)33(64-22(6)51)29(63-21(5)50)14-60-18(2)47)74-16-31-35(65-23(7)52)38(67-25(9)54)40(69-27(11)56)42(71-31)72-34-30(15-61-19(3)48)70-41(57)39(68-26(10)55)37(34)66-24(8)53/h28-42,57H,13-16H2,1-12H3,(H,45,46)/t28-,29+,30+,31+,32+,33+,34+,35-,36+,37-,38-,39+,40+,41+,42-,44-/m0/s1. The molecule has 0 aliphatic carbocycles. The van der Waals surface area contributed by atoms with Crippen molar-refractivity contribution in [1.82, 2.24) is 5.32 Å². The number of carbonyl (C=O) groups excluding carboxylic acids is 12. The Labute approximate surface area is 427 Å². The Morgan fingerprint density at radius 1 is 0.581 bits per heavy atom. The molecule has 0 saturated carbocycles. The topological polar surface area (TPSA) is 376 Å². The van der Waals surface area contributed by atoms with Crippen LogP contribution in [0.1, 0.15) is 82.6 Å². The second kappa shape index (κ2) is 27.9. The summed E-state index contributed by atoms with van der Waals surface area (Å²) in [5.41, 5.74) is 0. The molecule has 416 valence electrons. The van der Waals surface area contributed by atoms with Gasteiger partial charge in [-0.05, 0) is 0 Å². The number of rotatable bonds is 21. The molecule has 0 aromatic carbocycles. The monoisotopic (exact) mass is 1080 g/mol. The van der Waals surface area contributed by atoms with Crippen LogP contribution in [-0.4, -0.2) is 200 Å². The fraction of sp³-hybridized carbons (Fsp3) is 0.727. The highest BCUT2D eigenvalue weighted by atomic mass is 32.2. The van der Waals surface area contributed by atoms with E-state index >= 15 is 0 Å². The summed E-state index contributed by atoms with van der Waals surface area (Å²) in [4.78, 5) is 150. The van der Waals surface area contributed by atoms with Crippen molar-refractivity contribution < 1.29 is 134 Å². The molecule has 3 saturated heterocycles. The lowest BCUT2D eigenvalue weighted by Gasteiger charge is -2.50. The summed E-state index contributed by atoms with van der Waals surface area (Å²) in [6.45, 7) is 9.14. The van der Waals surface area contributed by atoms with Crippen LogP contribution in [0.2, 0.25) is 0 Å². The van der Waals surface area contributed by atoms with Gasteiger partial charge < -0.3 is 81.5 Å². The highest BCUT2D eigenvalue weighted by Crippen LogP contribution is 2.45. The van der Waals surface area contributed by atoms with Crippen LogP contribution in [0.25, 0.3) is 0 Å². The molecule has 0 aromatic heterocycles. The van der Waals surface area contributed by atoms with Gasteiger partial charge in [-0.2, -0.15) is 0 Å². The Morgan fingerprint density at radius 2 is 1.08 bits per heavy atom. The summed E-state index contributed by atoms with van der Waals surface area (Å²) in [6.07, 6.45) is -26.7. The van der Waals surface area contributed by atoms with E-state index in [0.717, 1.165) is 83.3 Å². The summed E-state index contributed by atoms with van der Waals surface area (Å²) >= 11 is 0.467. The maximum atomic E-state index is 14.4. The molecule has 3 aliphatic heterocycles. The van der Waals surface area contributed by atoms with E-state index in [4.69, 9.17) is 71.1 Å². The average molecular weight is 1080 g/mol. The lowest BCUT2D eigenvalue weighted by atomic mass is 9.89. The molecule has 3 rings (SSSR count). The van der Waals surface area contributed by atoms with Crippen molar-refractivity contribution >= 4 is 83.3 Å². The van der Waals surface area contributed by atoms with Gasteiger partial charge in [0.15, 0.2) is 55.3 Å². The summed E-state index contributed by atoms with van der Waals surface area (Å²) in [5.74, 6) is -12.7. The van der Waals surface area contributed by atoms with Crippen LogP contribution < -0.4 is 5.32 Å². The Hall–Kier alpha value is -6.21. The molecule has 29 nitrogen and oxygen atoms in total. The van der Waals surface area contributed by atoms with E-state index in [-0.39, 0.29) is 0 Å². The van der Waals surface area contributed by atoms with Gasteiger partial charge >= 0.3 is 65.7 Å². The predicted molar refractivity (Wildman–Crippen MR) is 236 cm³/mol. The highest BCUT2D eigenvalue weighted by molar-refractivity contribution is 8.01. The molecule has 30 heteroatoms. The summed E-state index contributed by atoms with van der Waals surface area (Å²) in [6, 6.07) is -1.57. The van der Waals surface area contributed by atoms with E-state index in [1.807, 2.05) is 0 Å². The van der Waals surface area contributed by atoms with Crippen LogP contribution >= 0.6 is 11.8 Å². The van der Waals surface area contributed by atoms with Crippen molar-refractivity contribution in [3.05, 3.63) is 0 Å². The van der Waals surface area contributed by atoms with E-state index in [1.54, 1.807) is 0 Å². The van der Waals surface area contributed by atoms with E-state index in [2.05, 4.69) is 5.32 Å². The first kappa shape index (κ1) is 62.1. The molecule has 3 heterocycles. The largest absolute Gasteiger partial charge is 0.466 e. The lowest BCUT2D eigenvalue weighted by Crippen LogP contribution is -2.68. The summed E-state index contributed by atoms with van der Waals surface area (Å²) in [5, 5.41) is 13.5. The fourth-order valence-electron chi connectivity index (χ4n) is 8.05. The zero-order valence-electron chi connectivity index (χ0n) is 42.4. The summed E-state index contributed by atoms with van der Waals surface area (Å²) in [7, 11) is 0.927. The summed E-state index contributed by atoms with van der Waals surface area (Å²) < 4.78 is 84.7. The van der Waals surface area contributed by atoms with Gasteiger partial charge in [0, 0.05) is 88.3 Å². The van der Waals surface area contributed by atoms with E-state index in [0.29, 0.717) is 11.8 Å². The molecule has 0 spiro atoms. The van der Waals surface area contributed by atoms with E-state index in [1.165, 1.54) is 0 Å². The minimum atomic E-state index is -2.51. The molecule has 0 aromatic rings. The van der Waals surface area contributed by atoms with Gasteiger partial charge in [-0.3, -0.25) is 52.7 Å². The number of aliphatic hydroxyl groups excluding tert-OH is 1. The number of thioether (sulfide) groups is 1. The number of amides is 1. The van der Waals surface area contributed by atoms with Gasteiger partial charge in [-0.1, -0.05) is 0 Å². The molecule has 3 fully saturated rings. The maximum Gasteiger partial charge on any atom is 0.348 e. The lowest BCUT2D eigenvalue weighted by molar-refractivity contribution is -0.353. The first-order valence-electron chi connectivity index (χ1n) is 22.4. The molecular weight excluding hydrogens is 1020 g/mol. The molecular formula is C44H61NO28S. The van der Waals surface area contributed by atoms with Crippen LogP contribution in [0.4, 0.5) is 0 Å². The molecule has 0 bridgehead atoms. The number of nitrogens with one attached hydrogen (secondary N) is 1. The molecule has 0 radical (unpaired) electrons. The van der Waals surface area contributed by atoms with Gasteiger partial charge in [-0.15, -0.1) is 11.8 Å². The second-order valence-electron chi connectivity index (χ2n) is 16.6. The van der Waals surface area contributed by atoms with Crippen LogP contribution in [0, 0.1) is 0 Å². The Morgan fingerprint density at radius 3 is 1.57 bits per heavy atom. The Balaban J connectivity index is 2.37. The first-order valence-corrected chi connectivity index (χ1v) is 23.4. The van der Waals surface area contributed by atoms with Gasteiger partial charge in [0.05, 0.1) is 13.2 Å². The van der Waals surface area contributed by atoms with Gasteiger partial charge in [0.1, 0.15) is 43.7 Å². The third kappa shape index (κ3) is 18.0. The number of ether oxygens (including phenoxy) is 15. The minimum absolute atomic E-state index is 0.467. The quantitative estimate of drug-likeness (QED) is 0.0954. The second-order valence-corrected chi connectivity index (χ2v) is 17.9. The van der Waals surface area contributed by atoms with Crippen LogP contribution in [0.3, 0.4) is 0 Å². The maximum absolute atomic E-state index is 14.4. The zero-order valence-corrected chi connectivity index (χ0v) is 43.2. The number of carbonyl (C=O) groups is 12. The molecule has 2 N–H and O–H groups in total. The number of hydrogen-bond donors (Lipinski definition) is 2. The zero-order chi connectivity index (χ0) is 55.9. The van der Waals surface area contributed by atoms with Crippen LogP contribution in [0.15, 0.2) is 0 Å². The Bertz CT molecular complexity index is 2100. The highest BCUT2D eigenvalue weighted by Gasteiger charge is 2.61. The number of hydrogen-bond acceptors (Lipinski definition) is 29. The normalized spacial score (nSPS) is 30.2. The molecule has 74 heavy (non-hydrogen) atoms. The van der Waals surface area contributed by atoms with Crippen molar-refractivity contribution in [1.29, 1.82) is 0 Å². The van der Waals surface area contributed by atoms with Gasteiger partial charge in [0.25, 0.3) is 0 Å². The van der Waals surface area contributed by atoms with Crippen LogP contribution in [-0.2, 0) is 129 Å². The van der Waals surface area contributed by atoms with Crippen molar-refractivity contribution in [3.8, 4) is 0 Å². The molecule has 16 atom stereocenters. The first-order chi connectivity index (χ1) is 34.5. The van der Waals surface area contributed by atoms with Crippen molar-refractivity contribution in [3.63, 3.8) is 0 Å². The number of esters is 11. The predicted octanol–water partition coefficient (Wildman–Crippen LogP) is -1.71. The van der Waals surface area contributed by atoms with Crippen molar-refractivity contribution in [2.45, 2.75) is 179 Å². The van der Waals surface area contributed by atoms with Gasteiger partial charge in [-0.25, -0.2) is 4.79 Å². The number of aliphatic hydroxyl groups is 1. The van der Waals surface area contributed by atoms with Crippen molar-refractivity contribution in [2.75, 3.05) is 26.1 Å². The number of methoxy groups -OCH3 is 1. The fourth-order valence-corrected chi connectivity index (χ4v) is 9.42. The SMILES string of the molecule is COC(=O)[C@@]1(SC[C@H]2O[C@@H](O[C@H]3[C@H](OC(C)=O)[C@@H](OC(C)=O)[C@H](O)O[C@@H]3COC(C)=O)[C@H](OC(C)=O)[C@@H](OC(C)=O)[C@H]2OC(C)=O)C[C@H](OC(C)=O)[C@@H](NC(C)=O)[C@H]([C@H](OC(C)=O)[C@@H](COC(C)=O)OC(C)=O)O1. The molecule has 1 amide bonds. The minimum Gasteiger partial charge on any atom is -0.466 e. The molecule has 3 aliphatic rings. The smallest absolute Gasteiger partial charge is 0.348 e. The van der Waals surface area contributed by atoms with Gasteiger partial charge in [0.2, 0.25) is 10.8 Å². The third-order valence-electron chi connectivity index (χ3n) is 10.4. The average Bonchev–Trinajstić information content (AvgIpc) is 3.26. The Kier molecular flexibility index (Phi) is 23.4. The third-order valence-corrected chi connectivity index (χ3v) is 11.8. The van der Waals surface area contributed by atoms with Crippen molar-refractivity contribution in [2.24, 2.45) is 0 Å².